The Balaban J connectivity index is 3.08. The first-order valence-electron chi connectivity index (χ1n) is 3.86. The van der Waals surface area contributed by atoms with Crippen molar-refractivity contribution in [1.29, 1.82) is 0 Å². The van der Waals surface area contributed by atoms with E-state index in [4.69, 9.17) is 0 Å². The number of hydrogen-bond acceptors (Lipinski definition) is 0. The Bertz CT molecular complexity index is 341. The molecule has 0 aliphatic heterocycles. The van der Waals surface area contributed by atoms with E-state index < -0.39 is 11.7 Å². The molecule has 0 unspecified atom stereocenters. The van der Waals surface area contributed by atoms with Gasteiger partial charge in [0, 0.05) is 4.43 Å². The summed E-state index contributed by atoms with van der Waals surface area (Å²) in [6.07, 6.45) is -4.28. The number of hydrogen-bond donors (Lipinski definition) is 0. The quantitative estimate of drug-likeness (QED) is 0.568. The molecule has 0 aliphatic rings. The van der Waals surface area contributed by atoms with Gasteiger partial charge >= 0.3 is 6.18 Å². The smallest absolute Gasteiger partial charge is 0.166 e. The number of halogens is 4. The highest BCUT2D eigenvalue weighted by molar-refractivity contribution is 14.1. The van der Waals surface area contributed by atoms with Crippen molar-refractivity contribution in [2.24, 2.45) is 0 Å². The van der Waals surface area contributed by atoms with Gasteiger partial charge in [-0.15, -0.1) is 0 Å². The molecule has 0 saturated carbocycles. The highest BCUT2D eigenvalue weighted by Crippen LogP contribution is 2.30. The Morgan fingerprint density at radius 2 is 2.00 bits per heavy atom. The summed E-state index contributed by atoms with van der Waals surface area (Å²) in [7, 11) is 0. The highest BCUT2D eigenvalue weighted by atomic mass is 127. The third-order valence-corrected chi connectivity index (χ3v) is 2.68. The second-order valence-electron chi connectivity index (χ2n) is 2.82. The van der Waals surface area contributed by atoms with Crippen LogP contribution in [0.1, 0.15) is 11.1 Å². The van der Waals surface area contributed by atoms with Gasteiger partial charge in [-0.25, -0.2) is 0 Å². The normalized spacial score (nSPS) is 11.4. The molecule has 0 amide bonds. The topological polar surface area (TPSA) is 0 Å². The van der Waals surface area contributed by atoms with Crippen LogP contribution in [0.2, 0.25) is 0 Å². The Morgan fingerprint density at radius 1 is 1.36 bits per heavy atom. The molecule has 0 nitrogen and oxygen atoms in total. The summed E-state index contributed by atoms with van der Waals surface area (Å²) in [5.41, 5.74) is 0.631. The van der Waals surface area contributed by atoms with Gasteiger partial charge in [0.05, 0.1) is 5.56 Å². The monoisotopic (exact) mass is 312 g/mol. The zero-order chi connectivity index (χ0) is 10.8. The minimum Gasteiger partial charge on any atom is -0.166 e. The first kappa shape index (κ1) is 11.6. The van der Waals surface area contributed by atoms with E-state index in [0.29, 0.717) is 15.6 Å². The average molecular weight is 312 g/mol. The lowest BCUT2D eigenvalue weighted by Crippen LogP contribution is -2.05. The summed E-state index contributed by atoms with van der Waals surface area (Å²) in [5.74, 6) is 0. The van der Waals surface area contributed by atoms with Crippen LogP contribution < -0.4 is 0 Å². The molecular weight excluding hydrogens is 304 g/mol. The van der Waals surface area contributed by atoms with Gasteiger partial charge < -0.3 is 0 Å². The molecule has 0 N–H and O–H groups in total. The molecule has 14 heavy (non-hydrogen) atoms. The van der Waals surface area contributed by atoms with Crippen LogP contribution in [0.15, 0.2) is 30.8 Å². The van der Waals surface area contributed by atoms with E-state index in [2.05, 4.69) is 29.2 Å². The summed E-state index contributed by atoms with van der Waals surface area (Å²) in [4.78, 5) is 0. The fourth-order valence-electron chi connectivity index (χ4n) is 0.993. The lowest BCUT2D eigenvalue weighted by atomic mass is 10.1. The minimum absolute atomic E-state index is 0.550. The van der Waals surface area contributed by atoms with Gasteiger partial charge in [0.2, 0.25) is 0 Å². The lowest BCUT2D eigenvalue weighted by Gasteiger charge is -2.08. The predicted molar refractivity (Wildman–Crippen MR) is 59.4 cm³/mol. The molecule has 0 bridgehead atoms. The van der Waals surface area contributed by atoms with E-state index in [1.165, 1.54) is 6.07 Å². The van der Waals surface area contributed by atoms with E-state index in [1.54, 1.807) is 6.07 Å². The van der Waals surface area contributed by atoms with Crippen LogP contribution in [0, 0.1) is 0 Å². The van der Waals surface area contributed by atoms with Gasteiger partial charge in [-0.05, 0) is 23.3 Å². The summed E-state index contributed by atoms with van der Waals surface area (Å²) in [6.45, 7) is 3.69. The van der Waals surface area contributed by atoms with Gasteiger partial charge in [-0.3, -0.25) is 0 Å². The SMILES string of the molecule is C=C(CI)c1cccc(C(F)(F)F)c1. The van der Waals surface area contributed by atoms with Crippen LogP contribution >= 0.6 is 22.6 Å². The van der Waals surface area contributed by atoms with Crippen LogP contribution in [0.4, 0.5) is 13.2 Å². The second-order valence-corrected chi connectivity index (χ2v) is 3.58. The molecule has 4 heteroatoms. The second kappa shape index (κ2) is 4.33. The standard InChI is InChI=1S/C10H8F3I/c1-7(6-14)8-3-2-4-9(5-8)10(11,12)13/h2-5H,1,6H2. The van der Waals surface area contributed by atoms with Crippen LogP contribution in [0.25, 0.3) is 5.57 Å². The fraction of sp³-hybridized carbons (Fsp3) is 0.200. The van der Waals surface area contributed by atoms with Crippen molar-refractivity contribution in [2.45, 2.75) is 6.18 Å². The molecule has 0 heterocycles. The maximum atomic E-state index is 12.3. The molecule has 76 valence electrons. The molecule has 0 saturated heterocycles. The third kappa shape index (κ3) is 2.73. The summed E-state index contributed by atoms with van der Waals surface area (Å²) in [6, 6.07) is 5.22. The van der Waals surface area contributed by atoms with Crippen LogP contribution in [-0.2, 0) is 6.18 Å². The van der Waals surface area contributed by atoms with E-state index in [9.17, 15) is 13.2 Å². The Labute approximate surface area is 94.0 Å². The van der Waals surface area contributed by atoms with Crippen molar-refractivity contribution >= 4 is 28.2 Å². The maximum absolute atomic E-state index is 12.3. The largest absolute Gasteiger partial charge is 0.416 e. The lowest BCUT2D eigenvalue weighted by molar-refractivity contribution is -0.137. The van der Waals surface area contributed by atoms with Crippen molar-refractivity contribution in [1.82, 2.24) is 0 Å². The van der Waals surface area contributed by atoms with Crippen LogP contribution in [0.5, 0.6) is 0 Å². The number of allylic oxidation sites excluding steroid dienone is 1. The fourth-order valence-corrected chi connectivity index (χ4v) is 1.43. The maximum Gasteiger partial charge on any atom is 0.416 e. The number of benzene rings is 1. The van der Waals surface area contributed by atoms with Crippen LogP contribution in [0.3, 0.4) is 0 Å². The number of rotatable bonds is 2. The Hall–Kier alpha value is -0.520. The van der Waals surface area contributed by atoms with E-state index in [-0.39, 0.29) is 0 Å². The Kier molecular flexibility index (Phi) is 3.58. The molecule has 0 radical (unpaired) electrons. The molecule has 1 rings (SSSR count). The molecule has 0 fully saturated rings. The zero-order valence-corrected chi connectivity index (χ0v) is 9.39. The summed E-state index contributed by atoms with van der Waals surface area (Å²) >= 11 is 2.07. The van der Waals surface area contributed by atoms with Gasteiger partial charge in [0.25, 0.3) is 0 Å². The minimum atomic E-state index is -4.28. The van der Waals surface area contributed by atoms with E-state index in [0.717, 1.165) is 12.1 Å². The van der Waals surface area contributed by atoms with E-state index in [1.807, 2.05) is 0 Å². The molecule has 0 spiro atoms. The van der Waals surface area contributed by atoms with Gasteiger partial charge in [-0.2, -0.15) is 13.2 Å². The highest BCUT2D eigenvalue weighted by Gasteiger charge is 2.30. The van der Waals surface area contributed by atoms with Crippen molar-refractivity contribution in [2.75, 3.05) is 4.43 Å². The van der Waals surface area contributed by atoms with Gasteiger partial charge in [0.1, 0.15) is 0 Å². The zero-order valence-electron chi connectivity index (χ0n) is 7.24. The van der Waals surface area contributed by atoms with Crippen molar-refractivity contribution in [3.63, 3.8) is 0 Å². The molecule has 0 atom stereocenters. The molecule has 0 aliphatic carbocycles. The average Bonchev–Trinajstić information content (AvgIpc) is 2.15. The summed E-state index contributed by atoms with van der Waals surface area (Å²) < 4.78 is 37.5. The Morgan fingerprint density at radius 3 is 2.50 bits per heavy atom. The predicted octanol–water partition coefficient (Wildman–Crippen LogP) is 4.15. The van der Waals surface area contributed by atoms with Gasteiger partial charge in [-0.1, -0.05) is 41.3 Å². The molecule has 1 aromatic rings. The molecule has 1 aromatic carbocycles. The number of alkyl halides is 4. The molecule has 0 aromatic heterocycles. The van der Waals surface area contributed by atoms with Gasteiger partial charge in [0.15, 0.2) is 0 Å². The summed E-state index contributed by atoms with van der Waals surface area (Å²) in [5, 5.41) is 0. The molecular formula is C10H8F3I. The van der Waals surface area contributed by atoms with Crippen LogP contribution in [-0.4, -0.2) is 4.43 Å². The van der Waals surface area contributed by atoms with Crippen molar-refractivity contribution in [3.05, 3.63) is 42.0 Å². The first-order chi connectivity index (χ1) is 6.45. The van der Waals surface area contributed by atoms with Crippen molar-refractivity contribution in [3.8, 4) is 0 Å². The third-order valence-electron chi connectivity index (χ3n) is 1.76. The van der Waals surface area contributed by atoms with E-state index >= 15 is 0 Å². The van der Waals surface area contributed by atoms with Crippen molar-refractivity contribution < 1.29 is 13.2 Å². The first-order valence-corrected chi connectivity index (χ1v) is 5.39.